The molecule has 0 radical (unpaired) electrons. The standard InChI is InChI=1S/2C9H7.C4H8O.CH3.Al.2ClH.Zr/c2*1-2-5-9-7-3-6-8(9)4-1;1-2-3-4-5;;;;;/h2*1-7H;1-4H2;1H3;;2*1H;/q3*-1;;+1;;;+4/p-2. The third kappa shape index (κ3) is 8.96. The van der Waals surface area contributed by atoms with Gasteiger partial charge in [-0.15, -0.1) is 59.3 Å². The summed E-state index contributed by atoms with van der Waals surface area (Å²) >= 11 is -0.595. The minimum atomic E-state index is -0.595. The van der Waals surface area contributed by atoms with Crippen LogP contribution in [0.1, 0.15) is 12.8 Å². The Bertz CT molecular complexity index is 758. The van der Waals surface area contributed by atoms with Crippen LogP contribution in [0.2, 0.25) is 11.1 Å². The fourth-order valence-electron chi connectivity index (χ4n) is 3.04. The zero-order chi connectivity index (χ0) is 17.3. The van der Waals surface area contributed by atoms with Gasteiger partial charge in [0.2, 0.25) is 0 Å². The molecule has 1 fully saturated rings. The molecule has 1 saturated heterocycles. The smallest absolute Gasteiger partial charge is 1.00 e. The van der Waals surface area contributed by atoms with Gasteiger partial charge in [-0.1, -0.05) is 29.6 Å². The van der Waals surface area contributed by atoms with Crippen LogP contribution < -0.4 is 24.8 Å². The van der Waals surface area contributed by atoms with Gasteiger partial charge in [0.15, 0.2) is 0 Å². The molecule has 28 heavy (non-hydrogen) atoms. The first-order valence-electron chi connectivity index (χ1n) is 9.15. The fraction of sp³-hybridized carbons (Fsp3) is 0.217. The molecule has 1 nitrogen and oxygen atoms in total. The SMILES string of the molecule is [CH3][Al]1[CH2]CCC[O]1.[Cl-].[Cl-].[Zr+4].c1ccc2[cH-]ccc2c1.c1ccc2[cH-]ccc2c1. The molecule has 0 unspecified atom stereocenters. The molecule has 4 aromatic rings. The first-order chi connectivity index (χ1) is 12.3. The van der Waals surface area contributed by atoms with Crippen LogP contribution in [0, 0.1) is 0 Å². The Balaban J connectivity index is 0.000000374. The molecule has 0 aliphatic carbocycles. The predicted molar refractivity (Wildman–Crippen MR) is 111 cm³/mol. The molecule has 144 valence electrons. The predicted octanol–water partition coefficient (Wildman–Crippen LogP) is 0.541. The summed E-state index contributed by atoms with van der Waals surface area (Å²) in [7, 11) is 0. The maximum atomic E-state index is 5.42. The van der Waals surface area contributed by atoms with E-state index < -0.39 is 14.5 Å². The van der Waals surface area contributed by atoms with Crippen molar-refractivity contribution in [2.75, 3.05) is 6.61 Å². The summed E-state index contributed by atoms with van der Waals surface area (Å²) in [4.78, 5) is 0. The largest absolute Gasteiger partial charge is 4.00 e. The fourth-order valence-corrected chi connectivity index (χ4v) is 4.64. The van der Waals surface area contributed by atoms with E-state index in [1.54, 1.807) is 0 Å². The molecule has 0 N–H and O–H groups in total. The van der Waals surface area contributed by atoms with Crippen molar-refractivity contribution in [3.63, 3.8) is 0 Å². The molecule has 4 aromatic carbocycles. The van der Waals surface area contributed by atoms with Crippen LogP contribution in [0.25, 0.3) is 21.5 Å². The van der Waals surface area contributed by atoms with Crippen LogP contribution >= 0.6 is 0 Å². The first-order valence-corrected chi connectivity index (χ1v) is 11.6. The van der Waals surface area contributed by atoms with Crippen LogP contribution in [0.3, 0.4) is 0 Å². The summed E-state index contributed by atoms with van der Waals surface area (Å²) in [6.07, 6.45) is 2.73. The molecular formula is C23H25AlCl2OZr. The third-order valence-corrected chi connectivity index (χ3v) is 6.53. The zero-order valence-electron chi connectivity index (χ0n) is 16.2. The van der Waals surface area contributed by atoms with E-state index in [0.717, 1.165) is 6.61 Å². The molecule has 1 aliphatic rings. The molecule has 5 heteroatoms. The molecule has 1 aliphatic heterocycles. The number of hydrogen-bond donors (Lipinski definition) is 0. The van der Waals surface area contributed by atoms with Crippen molar-refractivity contribution in [2.24, 2.45) is 0 Å². The number of rotatable bonds is 0. The normalized spacial score (nSPS) is 12.2. The van der Waals surface area contributed by atoms with Crippen LogP contribution in [0.15, 0.2) is 84.9 Å². The molecule has 0 amide bonds. The minimum Gasteiger partial charge on any atom is -1.00 e. The second kappa shape index (κ2) is 15.5. The molecule has 0 spiro atoms. The van der Waals surface area contributed by atoms with Crippen molar-refractivity contribution < 1.29 is 54.8 Å². The number of benzene rings is 2. The van der Waals surface area contributed by atoms with Gasteiger partial charge in [0, 0.05) is 6.61 Å². The van der Waals surface area contributed by atoms with Gasteiger partial charge in [0.05, 0.1) is 0 Å². The summed E-state index contributed by atoms with van der Waals surface area (Å²) < 4.78 is 5.42. The Morgan fingerprint density at radius 3 is 1.61 bits per heavy atom. The summed E-state index contributed by atoms with van der Waals surface area (Å²) in [5.41, 5.74) is 0. The van der Waals surface area contributed by atoms with Crippen LogP contribution in [0.4, 0.5) is 0 Å². The Kier molecular flexibility index (Phi) is 15.2. The maximum absolute atomic E-state index is 5.42. The van der Waals surface area contributed by atoms with Crippen molar-refractivity contribution in [1.82, 2.24) is 0 Å². The van der Waals surface area contributed by atoms with Gasteiger partial charge in [0.1, 0.15) is 0 Å². The number of hydrogen-bond acceptors (Lipinski definition) is 1. The second-order valence-corrected chi connectivity index (χ2v) is 9.02. The van der Waals surface area contributed by atoms with E-state index in [4.69, 9.17) is 3.79 Å². The van der Waals surface area contributed by atoms with E-state index >= 15 is 0 Å². The molecule has 1 heterocycles. The summed E-state index contributed by atoms with van der Waals surface area (Å²) in [5.74, 6) is 2.28. The summed E-state index contributed by atoms with van der Waals surface area (Å²) in [6.45, 7) is 1.05. The van der Waals surface area contributed by atoms with Crippen molar-refractivity contribution in [2.45, 2.75) is 23.9 Å². The summed E-state index contributed by atoms with van der Waals surface area (Å²) in [5, 5.41) is 6.73. The minimum absolute atomic E-state index is 0. The van der Waals surface area contributed by atoms with Gasteiger partial charge in [0.25, 0.3) is 0 Å². The molecule has 0 bridgehead atoms. The number of halogens is 2. The van der Waals surface area contributed by atoms with Crippen molar-refractivity contribution in [3.05, 3.63) is 84.9 Å². The molecule has 0 aromatic heterocycles. The quantitative estimate of drug-likeness (QED) is 0.250. The molecule has 0 saturated carbocycles. The van der Waals surface area contributed by atoms with E-state index in [0.29, 0.717) is 0 Å². The number of fused-ring (bicyclic) bond motifs is 2. The molecule has 0 atom stereocenters. The van der Waals surface area contributed by atoms with Gasteiger partial charge in [-0.05, 0) is 6.42 Å². The van der Waals surface area contributed by atoms with Crippen molar-refractivity contribution >= 4 is 36.0 Å². The first kappa shape index (κ1) is 27.6. The average Bonchev–Trinajstić information content (AvgIpc) is 3.32. The Hall–Kier alpha value is -0.384. The van der Waals surface area contributed by atoms with Gasteiger partial charge >= 0.3 is 40.7 Å². The van der Waals surface area contributed by atoms with E-state index in [1.807, 2.05) is 0 Å². The maximum Gasteiger partial charge on any atom is 4.00 e. The monoisotopic (exact) mass is 504 g/mol. The average molecular weight is 507 g/mol. The van der Waals surface area contributed by atoms with Crippen LogP contribution in [0.5, 0.6) is 0 Å². The molecule has 5 rings (SSSR count). The molecular weight excluding hydrogens is 481 g/mol. The third-order valence-electron chi connectivity index (χ3n) is 4.50. The van der Waals surface area contributed by atoms with Gasteiger partial charge in [-0.3, -0.25) is 0 Å². The Morgan fingerprint density at radius 2 is 1.25 bits per heavy atom. The van der Waals surface area contributed by atoms with E-state index in [1.165, 1.54) is 39.7 Å². The van der Waals surface area contributed by atoms with E-state index in [2.05, 4.69) is 90.7 Å². The van der Waals surface area contributed by atoms with Gasteiger partial charge < -0.3 is 28.6 Å². The Labute approximate surface area is 204 Å². The zero-order valence-corrected chi connectivity index (χ0v) is 21.3. The van der Waals surface area contributed by atoms with Gasteiger partial charge in [-0.2, -0.15) is 35.0 Å². The van der Waals surface area contributed by atoms with Crippen molar-refractivity contribution in [3.8, 4) is 0 Å². The van der Waals surface area contributed by atoms with Crippen molar-refractivity contribution in [1.29, 1.82) is 0 Å². The Morgan fingerprint density at radius 1 is 0.750 bits per heavy atom. The van der Waals surface area contributed by atoms with E-state index in [9.17, 15) is 0 Å². The van der Waals surface area contributed by atoms with Crippen LogP contribution in [-0.2, 0) is 30.0 Å². The second-order valence-electron chi connectivity index (χ2n) is 6.49. The van der Waals surface area contributed by atoms with Crippen LogP contribution in [-0.4, -0.2) is 21.1 Å². The van der Waals surface area contributed by atoms with E-state index in [-0.39, 0.29) is 51.0 Å². The van der Waals surface area contributed by atoms with Gasteiger partial charge in [-0.25, -0.2) is 0 Å². The topological polar surface area (TPSA) is 9.23 Å². The summed E-state index contributed by atoms with van der Waals surface area (Å²) in [6, 6.07) is 29.3.